The molecule has 2 nitrogen and oxygen atoms in total. The molecule has 4 heteroatoms. The minimum Gasteiger partial charge on any atom is -0.390 e. The Morgan fingerprint density at radius 3 is 2.44 bits per heavy atom. The first-order valence-corrected chi connectivity index (χ1v) is 5.88. The quantitative estimate of drug-likeness (QED) is 0.816. The molecule has 1 N–H and O–H groups in total. The van der Waals surface area contributed by atoms with Gasteiger partial charge >= 0.3 is 0 Å². The molecule has 1 saturated carbocycles. The summed E-state index contributed by atoms with van der Waals surface area (Å²) < 4.78 is 29.2. The van der Waals surface area contributed by atoms with E-state index in [1.807, 2.05) is 0 Å². The van der Waals surface area contributed by atoms with E-state index in [1.54, 1.807) is 0 Å². The van der Waals surface area contributed by atoms with E-state index in [4.69, 9.17) is 4.74 Å². The maximum atomic E-state index is 12.0. The van der Waals surface area contributed by atoms with Crippen molar-refractivity contribution in [1.82, 2.24) is 0 Å². The molecular weight excluding hydrogens is 214 g/mol. The predicted molar refractivity (Wildman–Crippen MR) is 58.5 cm³/mol. The lowest BCUT2D eigenvalue weighted by atomic mass is 9.71. The Morgan fingerprint density at radius 1 is 1.31 bits per heavy atom. The molecule has 1 fully saturated rings. The third kappa shape index (κ3) is 3.98. The van der Waals surface area contributed by atoms with Crippen LogP contribution in [0.2, 0.25) is 0 Å². The first-order valence-electron chi connectivity index (χ1n) is 5.88. The number of hydrogen-bond acceptors (Lipinski definition) is 2. The van der Waals surface area contributed by atoms with Gasteiger partial charge in [-0.2, -0.15) is 0 Å². The van der Waals surface area contributed by atoms with Gasteiger partial charge in [-0.05, 0) is 30.6 Å². The van der Waals surface area contributed by atoms with Crippen molar-refractivity contribution in [1.29, 1.82) is 0 Å². The van der Waals surface area contributed by atoms with Crippen molar-refractivity contribution in [3.63, 3.8) is 0 Å². The van der Waals surface area contributed by atoms with E-state index in [2.05, 4.69) is 20.8 Å². The monoisotopic (exact) mass is 236 g/mol. The molecule has 0 aromatic rings. The SMILES string of the molecule is CC(C)(C)C1CCC(O)C(OCC(F)F)C1. The highest BCUT2D eigenvalue weighted by atomic mass is 19.3. The second kappa shape index (κ2) is 5.41. The van der Waals surface area contributed by atoms with Gasteiger partial charge in [-0.3, -0.25) is 0 Å². The van der Waals surface area contributed by atoms with Gasteiger partial charge in [0, 0.05) is 0 Å². The van der Waals surface area contributed by atoms with E-state index < -0.39 is 25.2 Å². The third-order valence-corrected chi connectivity index (χ3v) is 3.42. The van der Waals surface area contributed by atoms with Crippen LogP contribution in [-0.4, -0.2) is 30.3 Å². The molecule has 1 rings (SSSR count). The van der Waals surface area contributed by atoms with E-state index in [9.17, 15) is 13.9 Å². The summed E-state index contributed by atoms with van der Waals surface area (Å²) in [5.41, 5.74) is 0.145. The zero-order chi connectivity index (χ0) is 12.3. The summed E-state index contributed by atoms with van der Waals surface area (Å²) in [7, 11) is 0. The normalized spacial score (nSPS) is 32.1. The van der Waals surface area contributed by atoms with Crippen LogP contribution in [0.3, 0.4) is 0 Å². The Hall–Kier alpha value is -0.220. The topological polar surface area (TPSA) is 29.5 Å². The van der Waals surface area contributed by atoms with Gasteiger partial charge in [0.2, 0.25) is 0 Å². The van der Waals surface area contributed by atoms with Crippen molar-refractivity contribution in [2.45, 2.75) is 58.7 Å². The molecule has 0 radical (unpaired) electrons. The van der Waals surface area contributed by atoms with Gasteiger partial charge < -0.3 is 9.84 Å². The average Bonchev–Trinajstić information content (AvgIpc) is 2.14. The standard InChI is InChI=1S/C12H22F2O2/c1-12(2,3)8-4-5-9(15)10(6-8)16-7-11(13)14/h8-11,15H,4-7H2,1-3H3. The summed E-state index contributed by atoms with van der Waals surface area (Å²) in [5.74, 6) is 0.429. The third-order valence-electron chi connectivity index (χ3n) is 3.42. The molecule has 1 aliphatic carbocycles. The number of aliphatic hydroxyl groups is 1. The Labute approximate surface area is 96.0 Å². The van der Waals surface area contributed by atoms with E-state index in [-0.39, 0.29) is 5.41 Å². The van der Waals surface area contributed by atoms with Crippen LogP contribution in [0.1, 0.15) is 40.0 Å². The number of hydrogen-bond donors (Lipinski definition) is 1. The van der Waals surface area contributed by atoms with Crippen LogP contribution >= 0.6 is 0 Å². The van der Waals surface area contributed by atoms with Gasteiger partial charge in [0.25, 0.3) is 6.43 Å². The Morgan fingerprint density at radius 2 is 1.94 bits per heavy atom. The van der Waals surface area contributed by atoms with Crippen LogP contribution in [-0.2, 0) is 4.74 Å². The minimum absolute atomic E-state index is 0.145. The number of aliphatic hydroxyl groups excluding tert-OH is 1. The highest BCUT2D eigenvalue weighted by Crippen LogP contribution is 2.38. The molecule has 1 aliphatic rings. The molecule has 0 heterocycles. The fourth-order valence-electron chi connectivity index (χ4n) is 2.28. The van der Waals surface area contributed by atoms with Gasteiger partial charge in [-0.1, -0.05) is 20.8 Å². The lowest BCUT2D eigenvalue weighted by Crippen LogP contribution is -2.40. The van der Waals surface area contributed by atoms with Crippen molar-refractivity contribution in [3.8, 4) is 0 Å². The van der Waals surface area contributed by atoms with Crippen molar-refractivity contribution in [2.24, 2.45) is 11.3 Å². The Balaban J connectivity index is 2.48. The van der Waals surface area contributed by atoms with Gasteiger partial charge in [-0.25, -0.2) is 8.78 Å². The lowest BCUT2D eigenvalue weighted by Gasteiger charge is -2.39. The van der Waals surface area contributed by atoms with Gasteiger partial charge in [0.05, 0.1) is 12.2 Å². The second-order valence-electron chi connectivity index (χ2n) is 5.71. The molecule has 96 valence electrons. The van der Waals surface area contributed by atoms with Gasteiger partial charge in [0.15, 0.2) is 0 Å². The summed E-state index contributed by atoms with van der Waals surface area (Å²) >= 11 is 0. The number of ether oxygens (including phenoxy) is 1. The van der Waals surface area contributed by atoms with Crippen LogP contribution in [0.15, 0.2) is 0 Å². The number of alkyl halides is 2. The summed E-state index contributed by atoms with van der Waals surface area (Å²) in [4.78, 5) is 0. The molecule has 0 aromatic carbocycles. The predicted octanol–water partition coefficient (Wildman–Crippen LogP) is 2.84. The highest BCUT2D eigenvalue weighted by Gasteiger charge is 2.35. The van der Waals surface area contributed by atoms with Crippen molar-refractivity contribution < 1.29 is 18.6 Å². The lowest BCUT2D eigenvalue weighted by molar-refractivity contribution is -0.108. The number of halogens is 2. The molecule has 3 atom stereocenters. The van der Waals surface area contributed by atoms with Crippen LogP contribution in [0, 0.1) is 11.3 Å². The summed E-state index contributed by atoms with van der Waals surface area (Å²) in [6.45, 7) is 5.84. The van der Waals surface area contributed by atoms with E-state index >= 15 is 0 Å². The van der Waals surface area contributed by atoms with Crippen molar-refractivity contribution >= 4 is 0 Å². The molecule has 3 unspecified atom stereocenters. The molecule has 0 spiro atoms. The fraction of sp³-hybridized carbons (Fsp3) is 1.00. The molecule has 16 heavy (non-hydrogen) atoms. The summed E-state index contributed by atoms with van der Waals surface area (Å²) in [6, 6.07) is 0. The molecule has 0 aromatic heterocycles. The smallest absolute Gasteiger partial charge is 0.261 e. The Kier molecular flexibility index (Phi) is 4.68. The molecule has 0 saturated heterocycles. The van der Waals surface area contributed by atoms with Crippen molar-refractivity contribution in [3.05, 3.63) is 0 Å². The maximum absolute atomic E-state index is 12.0. The molecule has 0 amide bonds. The largest absolute Gasteiger partial charge is 0.390 e. The highest BCUT2D eigenvalue weighted by molar-refractivity contribution is 4.86. The van der Waals surface area contributed by atoms with E-state index in [1.165, 1.54) is 0 Å². The van der Waals surface area contributed by atoms with Crippen LogP contribution in [0.4, 0.5) is 8.78 Å². The van der Waals surface area contributed by atoms with Crippen molar-refractivity contribution in [2.75, 3.05) is 6.61 Å². The fourth-order valence-corrected chi connectivity index (χ4v) is 2.28. The summed E-state index contributed by atoms with van der Waals surface area (Å²) in [5, 5.41) is 9.70. The minimum atomic E-state index is -2.46. The van der Waals surface area contributed by atoms with Gasteiger partial charge in [0.1, 0.15) is 6.61 Å². The molecule has 0 aliphatic heterocycles. The molecule has 0 bridgehead atoms. The number of rotatable bonds is 3. The van der Waals surface area contributed by atoms with Crippen LogP contribution < -0.4 is 0 Å². The molecular formula is C12H22F2O2. The first kappa shape index (κ1) is 13.8. The summed E-state index contributed by atoms with van der Waals surface area (Å²) in [6.07, 6.45) is -1.20. The second-order valence-corrected chi connectivity index (χ2v) is 5.71. The first-order chi connectivity index (χ1) is 7.30. The van der Waals surface area contributed by atoms with E-state index in [0.717, 1.165) is 6.42 Å². The average molecular weight is 236 g/mol. The van der Waals surface area contributed by atoms with Crippen LogP contribution in [0.25, 0.3) is 0 Å². The van der Waals surface area contributed by atoms with E-state index in [0.29, 0.717) is 18.8 Å². The Bertz CT molecular complexity index is 214. The maximum Gasteiger partial charge on any atom is 0.261 e. The zero-order valence-corrected chi connectivity index (χ0v) is 10.2. The zero-order valence-electron chi connectivity index (χ0n) is 10.2. The van der Waals surface area contributed by atoms with Crippen LogP contribution in [0.5, 0.6) is 0 Å². The van der Waals surface area contributed by atoms with Gasteiger partial charge in [-0.15, -0.1) is 0 Å².